The molecule has 0 radical (unpaired) electrons. The molecule has 23 heavy (non-hydrogen) atoms. The number of rotatable bonds is 4. The van der Waals surface area contributed by atoms with Crippen LogP contribution in [0.1, 0.15) is 64.2 Å². The molecule has 0 atom stereocenters. The van der Waals surface area contributed by atoms with E-state index in [1.807, 2.05) is 12.1 Å². The maximum atomic E-state index is 6.24. The molecule has 2 heteroatoms. The molecule has 0 fully saturated rings. The highest BCUT2D eigenvalue weighted by Crippen LogP contribution is 2.33. The van der Waals surface area contributed by atoms with E-state index >= 15 is 0 Å². The Hall–Kier alpha value is -1.96. The lowest BCUT2D eigenvalue weighted by Gasteiger charge is -2.14. The summed E-state index contributed by atoms with van der Waals surface area (Å²) in [5, 5.41) is 0. The summed E-state index contributed by atoms with van der Waals surface area (Å²) in [5.41, 5.74) is 5.03. The Balaban J connectivity index is 2.43. The van der Waals surface area contributed by atoms with E-state index in [9.17, 15) is 0 Å². The minimum Gasteiger partial charge on any atom is -0.497 e. The van der Waals surface area contributed by atoms with E-state index in [0.717, 1.165) is 23.7 Å². The van der Waals surface area contributed by atoms with Gasteiger partial charge in [0.05, 0.1) is 7.11 Å². The summed E-state index contributed by atoms with van der Waals surface area (Å²) in [4.78, 5) is 0. The zero-order valence-electron chi connectivity index (χ0n) is 15.4. The van der Waals surface area contributed by atoms with Gasteiger partial charge in [-0.05, 0) is 50.1 Å². The third kappa shape index (κ3) is 4.07. The van der Waals surface area contributed by atoms with E-state index in [-0.39, 0.29) is 5.41 Å². The van der Waals surface area contributed by atoms with Gasteiger partial charge in [-0.15, -0.1) is 0 Å². The maximum absolute atomic E-state index is 6.24. The molecule has 0 aliphatic carbocycles. The van der Waals surface area contributed by atoms with Crippen molar-refractivity contribution in [3.63, 3.8) is 0 Å². The van der Waals surface area contributed by atoms with Crippen molar-refractivity contribution in [3.8, 4) is 5.75 Å². The predicted octanol–water partition coefficient (Wildman–Crippen LogP) is 5.99. The molecule has 0 N–H and O–H groups in total. The smallest absolute Gasteiger partial charge is 0.133 e. The largest absolute Gasteiger partial charge is 0.497 e. The van der Waals surface area contributed by atoms with Crippen molar-refractivity contribution in [1.29, 1.82) is 0 Å². The molecule has 0 aliphatic heterocycles. The van der Waals surface area contributed by atoms with Crippen LogP contribution in [-0.4, -0.2) is 7.11 Å². The van der Waals surface area contributed by atoms with Gasteiger partial charge in [0.1, 0.15) is 17.3 Å². The number of ether oxygens (including phenoxy) is 1. The second-order valence-corrected chi connectivity index (χ2v) is 7.36. The Morgan fingerprint density at radius 2 is 1.65 bits per heavy atom. The van der Waals surface area contributed by atoms with Crippen LogP contribution in [0.5, 0.6) is 5.75 Å². The number of allylic oxidation sites excluding steroid dienone is 2. The van der Waals surface area contributed by atoms with Crippen molar-refractivity contribution in [1.82, 2.24) is 0 Å². The summed E-state index contributed by atoms with van der Waals surface area (Å²) < 4.78 is 11.5. The normalized spacial score (nSPS) is 11.4. The molecular weight excluding hydrogens is 284 g/mol. The molecule has 2 nitrogen and oxygen atoms in total. The molecule has 1 aromatic carbocycles. The van der Waals surface area contributed by atoms with Crippen LogP contribution in [-0.2, 0) is 11.8 Å². The molecule has 1 aromatic heterocycles. The van der Waals surface area contributed by atoms with Crippen molar-refractivity contribution in [3.05, 3.63) is 58.6 Å². The number of hydrogen-bond acceptors (Lipinski definition) is 2. The first-order valence-electron chi connectivity index (χ1n) is 8.13. The quantitative estimate of drug-likeness (QED) is 0.692. The standard InChI is InChI=1S/C21H28O2/c1-14(2)15(3)20-17(13-19(23-20)21(4,5)6)12-16-8-10-18(22-7)11-9-16/h8-11,13H,12H2,1-7H3. The SMILES string of the molecule is COc1ccc(Cc2cc(C(C)(C)C)oc2C(C)=C(C)C)cc1. The van der Waals surface area contributed by atoms with Crippen molar-refractivity contribution < 1.29 is 9.15 Å². The minimum atomic E-state index is 0.00876. The van der Waals surface area contributed by atoms with Crippen LogP contribution >= 0.6 is 0 Å². The van der Waals surface area contributed by atoms with Gasteiger partial charge in [-0.2, -0.15) is 0 Å². The molecule has 0 saturated heterocycles. The number of benzene rings is 1. The van der Waals surface area contributed by atoms with Crippen molar-refractivity contribution >= 4 is 5.57 Å². The van der Waals surface area contributed by atoms with E-state index in [2.05, 4.69) is 59.7 Å². The Bertz CT molecular complexity index is 690. The number of hydrogen-bond donors (Lipinski definition) is 0. The lowest BCUT2D eigenvalue weighted by atomic mass is 9.92. The van der Waals surface area contributed by atoms with Gasteiger partial charge in [0.15, 0.2) is 0 Å². The fourth-order valence-electron chi connectivity index (χ4n) is 2.44. The Morgan fingerprint density at radius 3 is 2.13 bits per heavy atom. The summed E-state index contributed by atoms with van der Waals surface area (Å²) in [7, 11) is 1.69. The monoisotopic (exact) mass is 312 g/mol. The highest BCUT2D eigenvalue weighted by Gasteiger charge is 2.22. The van der Waals surface area contributed by atoms with Gasteiger partial charge in [0.25, 0.3) is 0 Å². The fourth-order valence-corrected chi connectivity index (χ4v) is 2.44. The summed E-state index contributed by atoms with van der Waals surface area (Å²) in [5.74, 6) is 2.94. The molecule has 0 aliphatic rings. The molecule has 0 unspecified atom stereocenters. The number of furan rings is 1. The topological polar surface area (TPSA) is 22.4 Å². The van der Waals surface area contributed by atoms with Crippen LogP contribution in [0.15, 0.2) is 40.3 Å². The van der Waals surface area contributed by atoms with Crippen LogP contribution in [0, 0.1) is 0 Å². The first-order chi connectivity index (χ1) is 10.7. The van der Waals surface area contributed by atoms with Crippen LogP contribution in [0.25, 0.3) is 5.57 Å². The molecule has 0 amide bonds. The molecule has 0 bridgehead atoms. The van der Waals surface area contributed by atoms with E-state index in [4.69, 9.17) is 9.15 Å². The molecule has 0 saturated carbocycles. The summed E-state index contributed by atoms with van der Waals surface area (Å²) >= 11 is 0. The highest BCUT2D eigenvalue weighted by molar-refractivity contribution is 5.65. The number of methoxy groups -OCH3 is 1. The average molecular weight is 312 g/mol. The van der Waals surface area contributed by atoms with Crippen molar-refractivity contribution in [2.75, 3.05) is 7.11 Å². The second-order valence-electron chi connectivity index (χ2n) is 7.36. The van der Waals surface area contributed by atoms with Gasteiger partial charge < -0.3 is 9.15 Å². The fraction of sp³-hybridized carbons (Fsp3) is 0.429. The Labute approximate surface area is 140 Å². The van der Waals surface area contributed by atoms with Crippen molar-refractivity contribution in [2.45, 2.75) is 53.4 Å². The third-order valence-electron chi connectivity index (χ3n) is 4.19. The van der Waals surface area contributed by atoms with Gasteiger partial charge in [-0.3, -0.25) is 0 Å². The van der Waals surface area contributed by atoms with E-state index in [1.165, 1.54) is 22.3 Å². The minimum absolute atomic E-state index is 0.00876. The van der Waals surface area contributed by atoms with E-state index in [0.29, 0.717) is 0 Å². The van der Waals surface area contributed by atoms with Gasteiger partial charge in [-0.1, -0.05) is 38.5 Å². The predicted molar refractivity (Wildman–Crippen MR) is 97.2 cm³/mol. The van der Waals surface area contributed by atoms with E-state index < -0.39 is 0 Å². The highest BCUT2D eigenvalue weighted by atomic mass is 16.5. The first-order valence-corrected chi connectivity index (χ1v) is 8.13. The molecular formula is C21H28O2. The van der Waals surface area contributed by atoms with Gasteiger partial charge in [-0.25, -0.2) is 0 Å². The molecule has 2 rings (SSSR count). The molecule has 124 valence electrons. The molecule has 1 heterocycles. The first kappa shape index (κ1) is 17.4. The van der Waals surface area contributed by atoms with Gasteiger partial charge in [0, 0.05) is 17.4 Å². The zero-order valence-corrected chi connectivity index (χ0v) is 15.4. The summed E-state index contributed by atoms with van der Waals surface area (Å²) in [6.45, 7) is 13.0. The van der Waals surface area contributed by atoms with Crippen LogP contribution < -0.4 is 4.74 Å². The van der Waals surface area contributed by atoms with Gasteiger partial charge >= 0.3 is 0 Å². The zero-order chi connectivity index (χ0) is 17.2. The average Bonchev–Trinajstić information content (AvgIpc) is 2.91. The van der Waals surface area contributed by atoms with Crippen LogP contribution in [0.3, 0.4) is 0 Å². The second kappa shape index (κ2) is 6.66. The molecule has 0 spiro atoms. The summed E-state index contributed by atoms with van der Waals surface area (Å²) in [6, 6.07) is 10.5. The maximum Gasteiger partial charge on any atom is 0.133 e. The summed E-state index contributed by atoms with van der Waals surface area (Å²) in [6.07, 6.45) is 0.865. The lowest BCUT2D eigenvalue weighted by Crippen LogP contribution is -2.09. The van der Waals surface area contributed by atoms with Crippen LogP contribution in [0.4, 0.5) is 0 Å². The van der Waals surface area contributed by atoms with E-state index in [1.54, 1.807) is 7.11 Å². The third-order valence-corrected chi connectivity index (χ3v) is 4.19. The Morgan fingerprint density at radius 1 is 1.04 bits per heavy atom. The lowest BCUT2D eigenvalue weighted by molar-refractivity contribution is 0.403. The molecule has 2 aromatic rings. The van der Waals surface area contributed by atoms with Crippen LogP contribution in [0.2, 0.25) is 0 Å². The van der Waals surface area contributed by atoms with Gasteiger partial charge in [0.2, 0.25) is 0 Å². The van der Waals surface area contributed by atoms with Crippen molar-refractivity contribution in [2.24, 2.45) is 0 Å². The Kier molecular flexibility index (Phi) is 5.03.